The van der Waals surface area contributed by atoms with Gasteiger partial charge >= 0.3 is 0 Å². The van der Waals surface area contributed by atoms with E-state index in [1.165, 1.54) is 24.8 Å². The number of rotatable bonds is 10. The Balaban J connectivity index is 1.67. The first-order valence-corrected chi connectivity index (χ1v) is 12.6. The average molecular weight is 439 g/mol. The molecular formula is C26H34N2O2S. The lowest BCUT2D eigenvalue weighted by Crippen LogP contribution is -2.52. The van der Waals surface area contributed by atoms with Gasteiger partial charge in [0.2, 0.25) is 11.8 Å². The van der Waals surface area contributed by atoms with Crippen molar-refractivity contribution in [3.05, 3.63) is 71.8 Å². The van der Waals surface area contributed by atoms with Gasteiger partial charge in [-0.15, -0.1) is 11.8 Å². The molecule has 2 aromatic rings. The highest BCUT2D eigenvalue weighted by atomic mass is 32.2. The lowest BCUT2D eigenvalue weighted by Gasteiger charge is -2.32. The van der Waals surface area contributed by atoms with Gasteiger partial charge in [-0.05, 0) is 30.4 Å². The first-order valence-electron chi connectivity index (χ1n) is 11.4. The highest BCUT2D eigenvalue weighted by Gasteiger charge is 2.30. The normalized spacial score (nSPS) is 15.3. The van der Waals surface area contributed by atoms with E-state index in [1.54, 1.807) is 16.7 Å². The number of benzene rings is 2. The summed E-state index contributed by atoms with van der Waals surface area (Å²) in [5, 5.41) is 3.23. The molecule has 1 unspecified atom stereocenters. The molecular weight excluding hydrogens is 404 g/mol. The first-order chi connectivity index (χ1) is 15.2. The molecule has 2 amide bonds. The van der Waals surface area contributed by atoms with Gasteiger partial charge in [-0.3, -0.25) is 9.59 Å². The Bertz CT molecular complexity index is 807. The molecule has 1 N–H and O–H groups in total. The maximum absolute atomic E-state index is 13.3. The van der Waals surface area contributed by atoms with E-state index < -0.39 is 6.04 Å². The summed E-state index contributed by atoms with van der Waals surface area (Å²) >= 11 is 1.61. The summed E-state index contributed by atoms with van der Waals surface area (Å²) in [7, 11) is 0. The van der Waals surface area contributed by atoms with Crippen LogP contribution in [0.2, 0.25) is 0 Å². The Hall–Kier alpha value is -2.27. The molecule has 1 aliphatic carbocycles. The maximum atomic E-state index is 13.3. The molecule has 1 atom stereocenters. The zero-order chi connectivity index (χ0) is 21.9. The van der Waals surface area contributed by atoms with Gasteiger partial charge < -0.3 is 10.2 Å². The molecule has 1 saturated carbocycles. The van der Waals surface area contributed by atoms with Gasteiger partial charge in [-0.1, -0.05) is 86.8 Å². The van der Waals surface area contributed by atoms with Crippen LogP contribution in [0.5, 0.6) is 0 Å². The molecule has 3 rings (SSSR count). The van der Waals surface area contributed by atoms with Crippen molar-refractivity contribution in [1.82, 2.24) is 10.2 Å². The second-order valence-corrected chi connectivity index (χ2v) is 9.24. The van der Waals surface area contributed by atoms with E-state index in [0.717, 1.165) is 24.2 Å². The van der Waals surface area contributed by atoms with E-state index in [2.05, 4.69) is 17.4 Å². The smallest absolute Gasteiger partial charge is 0.243 e. The minimum Gasteiger partial charge on any atom is -0.352 e. The van der Waals surface area contributed by atoms with Gasteiger partial charge in [0.05, 0.1) is 5.75 Å². The quantitative estimate of drug-likeness (QED) is 0.556. The van der Waals surface area contributed by atoms with E-state index in [-0.39, 0.29) is 17.9 Å². The number of nitrogens with one attached hydrogen (secondary N) is 1. The van der Waals surface area contributed by atoms with Crippen molar-refractivity contribution in [3.63, 3.8) is 0 Å². The third-order valence-electron chi connectivity index (χ3n) is 5.87. The average Bonchev–Trinajstić information content (AvgIpc) is 2.81. The molecule has 4 nitrogen and oxygen atoms in total. The summed E-state index contributed by atoms with van der Waals surface area (Å²) in [5.41, 5.74) is 2.25. The van der Waals surface area contributed by atoms with Crippen LogP contribution in [0.4, 0.5) is 0 Å². The fraction of sp³-hybridized carbons (Fsp3) is 0.462. The molecule has 0 bridgehead atoms. The van der Waals surface area contributed by atoms with Crippen LogP contribution in [0.3, 0.4) is 0 Å². The summed E-state index contributed by atoms with van der Waals surface area (Å²) < 4.78 is 0. The number of carbonyl (C=O) groups excluding carboxylic acids is 2. The molecule has 0 spiro atoms. The van der Waals surface area contributed by atoms with Crippen LogP contribution in [0.25, 0.3) is 0 Å². The highest BCUT2D eigenvalue weighted by Crippen LogP contribution is 2.20. The molecule has 0 saturated heterocycles. The fourth-order valence-electron chi connectivity index (χ4n) is 4.16. The number of carbonyl (C=O) groups is 2. The number of thioether (sulfide) groups is 1. The minimum absolute atomic E-state index is 0.00765. The summed E-state index contributed by atoms with van der Waals surface area (Å²) in [4.78, 5) is 28.2. The van der Waals surface area contributed by atoms with Crippen molar-refractivity contribution in [3.8, 4) is 0 Å². The van der Waals surface area contributed by atoms with Crippen LogP contribution in [0.15, 0.2) is 60.7 Å². The van der Waals surface area contributed by atoms with Crippen molar-refractivity contribution >= 4 is 23.6 Å². The van der Waals surface area contributed by atoms with E-state index in [1.807, 2.05) is 55.5 Å². The molecule has 5 heteroatoms. The van der Waals surface area contributed by atoms with Gasteiger partial charge in [0.1, 0.15) is 6.04 Å². The third-order valence-corrected chi connectivity index (χ3v) is 6.86. The molecule has 2 aromatic carbocycles. The van der Waals surface area contributed by atoms with E-state index in [9.17, 15) is 9.59 Å². The monoisotopic (exact) mass is 438 g/mol. The Labute approximate surface area is 190 Å². The lowest BCUT2D eigenvalue weighted by molar-refractivity contribution is -0.139. The van der Waals surface area contributed by atoms with Crippen LogP contribution in [-0.2, 0) is 21.9 Å². The van der Waals surface area contributed by atoms with Crippen LogP contribution in [0.1, 0.15) is 56.6 Å². The second-order valence-electron chi connectivity index (χ2n) is 8.25. The van der Waals surface area contributed by atoms with Crippen LogP contribution in [-0.4, -0.2) is 34.6 Å². The zero-order valence-corrected chi connectivity index (χ0v) is 19.3. The van der Waals surface area contributed by atoms with Crippen molar-refractivity contribution in [2.24, 2.45) is 0 Å². The standard InChI is InChI=1S/C26H34N2O2S/c1-2-24(26(30)27-23-16-10-5-11-17-23)28(18-21-12-6-3-7-13-21)25(29)20-31-19-22-14-8-4-9-15-22/h3-4,6-9,12-15,23-24H,2,5,10-11,16-20H2,1H3,(H,27,30). The topological polar surface area (TPSA) is 49.4 Å². The van der Waals surface area contributed by atoms with Crippen LogP contribution in [0, 0.1) is 0 Å². The van der Waals surface area contributed by atoms with Crippen molar-refractivity contribution in [1.29, 1.82) is 0 Å². The third kappa shape index (κ3) is 7.42. The summed E-state index contributed by atoms with van der Waals surface area (Å²) in [6.45, 7) is 2.45. The molecule has 1 aliphatic rings. The molecule has 166 valence electrons. The van der Waals surface area contributed by atoms with E-state index in [0.29, 0.717) is 18.7 Å². The first kappa shape index (κ1) is 23.4. The number of hydrogen-bond acceptors (Lipinski definition) is 3. The van der Waals surface area contributed by atoms with Crippen molar-refractivity contribution in [2.75, 3.05) is 5.75 Å². The van der Waals surface area contributed by atoms with Gasteiger partial charge in [-0.2, -0.15) is 0 Å². The fourth-order valence-corrected chi connectivity index (χ4v) is 5.03. The number of amides is 2. The van der Waals surface area contributed by atoms with Crippen molar-refractivity contribution < 1.29 is 9.59 Å². The predicted octanol–water partition coefficient (Wildman–Crippen LogP) is 5.18. The lowest BCUT2D eigenvalue weighted by atomic mass is 9.95. The van der Waals surface area contributed by atoms with Gasteiger partial charge in [0, 0.05) is 18.3 Å². The van der Waals surface area contributed by atoms with Gasteiger partial charge in [0.25, 0.3) is 0 Å². The largest absolute Gasteiger partial charge is 0.352 e. The molecule has 31 heavy (non-hydrogen) atoms. The molecule has 0 radical (unpaired) electrons. The summed E-state index contributed by atoms with van der Waals surface area (Å²) in [6, 6.07) is 19.9. The van der Waals surface area contributed by atoms with E-state index in [4.69, 9.17) is 0 Å². The second kappa shape index (κ2) is 12.6. The SMILES string of the molecule is CCC(C(=O)NC1CCCCC1)N(Cc1ccccc1)C(=O)CSCc1ccccc1. The maximum Gasteiger partial charge on any atom is 0.243 e. The highest BCUT2D eigenvalue weighted by molar-refractivity contribution is 7.99. The minimum atomic E-state index is -0.438. The Morgan fingerprint density at radius 3 is 2.19 bits per heavy atom. The number of nitrogens with zero attached hydrogens (tertiary/aromatic N) is 1. The summed E-state index contributed by atoms with van der Waals surface area (Å²) in [6.07, 6.45) is 6.29. The Morgan fingerprint density at radius 1 is 0.968 bits per heavy atom. The van der Waals surface area contributed by atoms with E-state index >= 15 is 0 Å². The Morgan fingerprint density at radius 2 is 1.58 bits per heavy atom. The van der Waals surface area contributed by atoms with Crippen LogP contribution < -0.4 is 5.32 Å². The Kier molecular flexibility index (Phi) is 9.47. The van der Waals surface area contributed by atoms with Crippen molar-refractivity contribution in [2.45, 2.75) is 69.8 Å². The predicted molar refractivity (Wildman–Crippen MR) is 129 cm³/mol. The molecule has 0 aromatic heterocycles. The molecule has 1 fully saturated rings. The zero-order valence-electron chi connectivity index (χ0n) is 18.5. The van der Waals surface area contributed by atoms with Gasteiger partial charge in [-0.25, -0.2) is 0 Å². The van der Waals surface area contributed by atoms with Gasteiger partial charge in [0.15, 0.2) is 0 Å². The molecule has 0 heterocycles. The summed E-state index contributed by atoms with van der Waals surface area (Å²) in [5.74, 6) is 1.17. The van der Waals surface area contributed by atoms with Crippen LogP contribution >= 0.6 is 11.8 Å². The number of hydrogen-bond donors (Lipinski definition) is 1. The molecule has 0 aliphatic heterocycles.